The second-order valence-corrected chi connectivity index (χ2v) is 6.33. The standard InChI is InChI=1S/C11H15N3S3/c1-4-12-11-14-8(5-16-11)10-7(2)13-9(17-10)6-15-3/h5H,4,6H2,1-3H3,(H,12,14). The fourth-order valence-corrected chi connectivity index (χ4v) is 4.05. The number of aryl methyl sites for hydroxylation is 1. The molecule has 0 radical (unpaired) electrons. The number of aromatic nitrogens is 2. The van der Waals surface area contributed by atoms with Crippen LogP contribution >= 0.6 is 34.4 Å². The molecule has 0 unspecified atom stereocenters. The number of nitrogens with one attached hydrogen (secondary N) is 1. The van der Waals surface area contributed by atoms with E-state index in [0.29, 0.717) is 0 Å². The molecule has 0 aromatic carbocycles. The van der Waals surface area contributed by atoms with Gasteiger partial charge in [-0.1, -0.05) is 0 Å². The van der Waals surface area contributed by atoms with Crippen LogP contribution in [0.5, 0.6) is 0 Å². The minimum Gasteiger partial charge on any atom is -0.362 e. The Morgan fingerprint density at radius 2 is 2.24 bits per heavy atom. The van der Waals surface area contributed by atoms with E-state index in [1.54, 1.807) is 34.4 Å². The summed E-state index contributed by atoms with van der Waals surface area (Å²) in [5.41, 5.74) is 2.14. The quantitative estimate of drug-likeness (QED) is 0.905. The first-order valence-corrected chi connectivity index (χ1v) is 8.48. The summed E-state index contributed by atoms with van der Waals surface area (Å²) in [6.45, 7) is 5.05. The summed E-state index contributed by atoms with van der Waals surface area (Å²) in [5.74, 6) is 0.982. The average molecular weight is 285 g/mol. The molecule has 2 aromatic heterocycles. The predicted molar refractivity (Wildman–Crippen MR) is 79.3 cm³/mol. The maximum Gasteiger partial charge on any atom is 0.183 e. The Balaban J connectivity index is 2.25. The molecule has 1 N–H and O–H groups in total. The van der Waals surface area contributed by atoms with Crippen LogP contribution < -0.4 is 5.32 Å². The molecule has 0 aliphatic rings. The molecule has 92 valence electrons. The molecular formula is C11H15N3S3. The predicted octanol–water partition coefficient (Wildman–Crippen LogP) is 3.87. The highest BCUT2D eigenvalue weighted by Gasteiger charge is 2.12. The molecule has 0 spiro atoms. The van der Waals surface area contributed by atoms with Gasteiger partial charge in [0, 0.05) is 17.7 Å². The summed E-state index contributed by atoms with van der Waals surface area (Å²) < 4.78 is 0. The van der Waals surface area contributed by atoms with Gasteiger partial charge in [0.15, 0.2) is 5.13 Å². The summed E-state index contributed by atoms with van der Waals surface area (Å²) >= 11 is 5.21. The van der Waals surface area contributed by atoms with E-state index in [0.717, 1.165) is 28.8 Å². The lowest BCUT2D eigenvalue weighted by Crippen LogP contribution is -1.94. The first-order valence-electron chi connectivity index (χ1n) is 5.39. The van der Waals surface area contributed by atoms with Crippen LogP contribution in [0.3, 0.4) is 0 Å². The van der Waals surface area contributed by atoms with Crippen molar-refractivity contribution in [1.82, 2.24) is 9.97 Å². The number of thioether (sulfide) groups is 1. The molecule has 2 aromatic rings. The van der Waals surface area contributed by atoms with Crippen molar-refractivity contribution >= 4 is 39.6 Å². The van der Waals surface area contributed by atoms with E-state index in [9.17, 15) is 0 Å². The van der Waals surface area contributed by atoms with Gasteiger partial charge in [0.1, 0.15) is 5.01 Å². The van der Waals surface area contributed by atoms with Crippen LogP contribution in [0.25, 0.3) is 10.6 Å². The Bertz CT molecular complexity index is 490. The van der Waals surface area contributed by atoms with E-state index in [1.807, 2.05) is 0 Å². The van der Waals surface area contributed by atoms with Gasteiger partial charge in [0.05, 0.1) is 16.3 Å². The van der Waals surface area contributed by atoms with Crippen LogP contribution in [0.1, 0.15) is 17.6 Å². The molecule has 2 heterocycles. The minimum atomic E-state index is 0.909. The topological polar surface area (TPSA) is 37.8 Å². The van der Waals surface area contributed by atoms with Crippen molar-refractivity contribution in [2.24, 2.45) is 0 Å². The van der Waals surface area contributed by atoms with Crippen LogP contribution in [0, 0.1) is 6.92 Å². The Morgan fingerprint density at radius 1 is 1.41 bits per heavy atom. The van der Waals surface area contributed by atoms with E-state index in [1.165, 1.54) is 9.88 Å². The second-order valence-electron chi connectivity index (χ2n) is 3.52. The van der Waals surface area contributed by atoms with Crippen molar-refractivity contribution in [3.8, 4) is 10.6 Å². The van der Waals surface area contributed by atoms with Gasteiger partial charge in [-0.3, -0.25) is 0 Å². The third-order valence-corrected chi connectivity index (χ3v) is 4.90. The second kappa shape index (κ2) is 5.84. The normalized spacial score (nSPS) is 10.8. The highest BCUT2D eigenvalue weighted by molar-refractivity contribution is 7.97. The van der Waals surface area contributed by atoms with E-state index >= 15 is 0 Å². The van der Waals surface area contributed by atoms with Gasteiger partial charge in [0.2, 0.25) is 0 Å². The molecule has 0 amide bonds. The molecule has 17 heavy (non-hydrogen) atoms. The third kappa shape index (κ3) is 3.00. The number of thiazole rings is 2. The van der Waals surface area contributed by atoms with E-state index < -0.39 is 0 Å². The number of nitrogens with zero attached hydrogens (tertiary/aromatic N) is 2. The zero-order chi connectivity index (χ0) is 12.3. The Labute approximate surface area is 114 Å². The van der Waals surface area contributed by atoms with Crippen molar-refractivity contribution in [1.29, 1.82) is 0 Å². The molecule has 0 bridgehead atoms. The zero-order valence-corrected chi connectivity index (χ0v) is 12.6. The summed E-state index contributed by atoms with van der Waals surface area (Å²) in [4.78, 5) is 10.4. The van der Waals surface area contributed by atoms with Crippen LogP contribution in [0.15, 0.2) is 5.38 Å². The first-order chi connectivity index (χ1) is 8.24. The smallest absolute Gasteiger partial charge is 0.183 e. The molecular weight excluding hydrogens is 270 g/mol. The average Bonchev–Trinajstić information content (AvgIpc) is 2.87. The number of rotatable bonds is 5. The molecule has 0 aliphatic carbocycles. The number of hydrogen-bond donors (Lipinski definition) is 1. The summed E-state index contributed by atoms with van der Waals surface area (Å²) in [6.07, 6.45) is 2.10. The monoisotopic (exact) mass is 285 g/mol. The van der Waals surface area contributed by atoms with Gasteiger partial charge < -0.3 is 5.32 Å². The number of anilines is 1. The maximum atomic E-state index is 4.58. The Morgan fingerprint density at radius 3 is 2.94 bits per heavy atom. The van der Waals surface area contributed by atoms with Gasteiger partial charge in [-0.15, -0.1) is 22.7 Å². The Hall–Kier alpha value is -0.590. The van der Waals surface area contributed by atoms with E-state index in [2.05, 4.69) is 40.8 Å². The lowest BCUT2D eigenvalue weighted by molar-refractivity contribution is 1.17. The van der Waals surface area contributed by atoms with Crippen molar-refractivity contribution in [2.75, 3.05) is 18.1 Å². The maximum absolute atomic E-state index is 4.58. The lowest BCUT2D eigenvalue weighted by Gasteiger charge is -1.94. The fourth-order valence-electron chi connectivity index (χ4n) is 1.49. The van der Waals surface area contributed by atoms with Gasteiger partial charge in [0.25, 0.3) is 0 Å². The minimum absolute atomic E-state index is 0.909. The molecule has 0 atom stereocenters. The summed E-state index contributed by atoms with van der Waals surface area (Å²) in [7, 11) is 0. The van der Waals surface area contributed by atoms with E-state index in [-0.39, 0.29) is 0 Å². The van der Waals surface area contributed by atoms with Crippen LogP contribution in [0.4, 0.5) is 5.13 Å². The molecule has 0 aliphatic heterocycles. The lowest BCUT2D eigenvalue weighted by atomic mass is 10.3. The SMILES string of the molecule is CCNc1nc(-c2sc(CSC)nc2C)cs1. The van der Waals surface area contributed by atoms with Crippen molar-refractivity contribution < 1.29 is 0 Å². The van der Waals surface area contributed by atoms with Gasteiger partial charge >= 0.3 is 0 Å². The highest BCUT2D eigenvalue weighted by Crippen LogP contribution is 2.33. The van der Waals surface area contributed by atoms with Gasteiger partial charge in [-0.25, -0.2) is 9.97 Å². The summed E-state index contributed by atoms with van der Waals surface area (Å²) in [5, 5.41) is 7.51. The molecule has 6 heteroatoms. The Kier molecular flexibility index (Phi) is 4.42. The number of hydrogen-bond acceptors (Lipinski definition) is 6. The molecule has 0 fully saturated rings. The van der Waals surface area contributed by atoms with Gasteiger partial charge in [-0.05, 0) is 20.1 Å². The van der Waals surface area contributed by atoms with Gasteiger partial charge in [-0.2, -0.15) is 11.8 Å². The third-order valence-electron chi connectivity index (χ3n) is 2.17. The zero-order valence-electron chi connectivity index (χ0n) is 10.1. The van der Waals surface area contributed by atoms with Crippen molar-refractivity contribution in [3.63, 3.8) is 0 Å². The first kappa shape index (κ1) is 12.9. The molecule has 3 nitrogen and oxygen atoms in total. The van der Waals surface area contributed by atoms with Crippen LogP contribution in [0.2, 0.25) is 0 Å². The van der Waals surface area contributed by atoms with Crippen LogP contribution in [-0.4, -0.2) is 22.8 Å². The fraction of sp³-hybridized carbons (Fsp3) is 0.455. The summed E-state index contributed by atoms with van der Waals surface area (Å²) in [6, 6.07) is 0. The highest BCUT2D eigenvalue weighted by atomic mass is 32.2. The molecule has 2 rings (SSSR count). The van der Waals surface area contributed by atoms with Crippen LogP contribution in [-0.2, 0) is 5.75 Å². The van der Waals surface area contributed by atoms with Crippen molar-refractivity contribution in [3.05, 3.63) is 16.1 Å². The van der Waals surface area contributed by atoms with E-state index in [4.69, 9.17) is 0 Å². The van der Waals surface area contributed by atoms with Crippen molar-refractivity contribution in [2.45, 2.75) is 19.6 Å². The molecule has 0 saturated heterocycles. The largest absolute Gasteiger partial charge is 0.362 e. The molecule has 0 saturated carbocycles.